The molecule has 2 atom stereocenters. The summed E-state index contributed by atoms with van der Waals surface area (Å²) in [5, 5.41) is 4.20. The zero-order valence-corrected chi connectivity index (χ0v) is 12.6. The number of carbonyl (C=O) groups is 1. The van der Waals surface area contributed by atoms with Crippen molar-refractivity contribution in [3.8, 4) is 0 Å². The average Bonchev–Trinajstić information content (AvgIpc) is 2.72. The first-order valence-corrected chi connectivity index (χ1v) is 7.39. The summed E-state index contributed by atoms with van der Waals surface area (Å²) in [4.78, 5) is 12.3. The molecule has 1 aromatic heterocycles. The smallest absolute Gasteiger partial charge is 0.136 e. The van der Waals surface area contributed by atoms with E-state index >= 15 is 0 Å². The van der Waals surface area contributed by atoms with Crippen molar-refractivity contribution in [1.29, 1.82) is 0 Å². The highest BCUT2D eigenvalue weighted by molar-refractivity contribution is 5.82. The number of carbonyl (C=O) groups excluding carboxylic acids is 1. The normalized spacial score (nSPS) is 24.7. The Hall–Kier alpha value is -1.12. The van der Waals surface area contributed by atoms with Crippen molar-refractivity contribution in [3.05, 3.63) is 18.0 Å². The third-order valence-electron chi connectivity index (χ3n) is 4.65. The molecule has 2 unspecified atom stereocenters. The van der Waals surface area contributed by atoms with E-state index in [0.717, 1.165) is 25.7 Å². The van der Waals surface area contributed by atoms with Gasteiger partial charge in [-0.1, -0.05) is 20.8 Å². The lowest BCUT2D eigenvalue weighted by molar-refractivity contribution is -0.130. The molecule has 0 aliphatic heterocycles. The van der Waals surface area contributed by atoms with E-state index in [4.69, 9.17) is 0 Å². The highest BCUT2D eigenvalue weighted by Gasteiger charge is 2.37. The van der Waals surface area contributed by atoms with Crippen molar-refractivity contribution in [2.45, 2.75) is 52.9 Å². The molecule has 2 rings (SSSR count). The van der Waals surface area contributed by atoms with Gasteiger partial charge in [0.25, 0.3) is 0 Å². The van der Waals surface area contributed by atoms with Crippen LogP contribution in [0.25, 0.3) is 0 Å². The van der Waals surface area contributed by atoms with Crippen LogP contribution in [-0.4, -0.2) is 15.6 Å². The van der Waals surface area contributed by atoms with Crippen molar-refractivity contribution in [1.82, 2.24) is 9.78 Å². The summed E-state index contributed by atoms with van der Waals surface area (Å²) < 4.78 is 1.84. The molecule has 0 aromatic carbocycles. The third kappa shape index (κ3) is 3.46. The molecule has 0 N–H and O–H groups in total. The summed E-state index contributed by atoms with van der Waals surface area (Å²) >= 11 is 0. The van der Waals surface area contributed by atoms with Gasteiger partial charge >= 0.3 is 0 Å². The van der Waals surface area contributed by atoms with Gasteiger partial charge in [0.15, 0.2) is 0 Å². The van der Waals surface area contributed by atoms with E-state index in [1.807, 2.05) is 17.9 Å². The van der Waals surface area contributed by atoms with Crippen LogP contribution in [-0.2, 0) is 18.3 Å². The number of ketones is 1. The quantitative estimate of drug-likeness (QED) is 0.833. The number of Topliss-reactive ketones (excluding diaryl/α,β-unsaturated/α-hetero) is 1. The third-order valence-corrected chi connectivity index (χ3v) is 4.65. The molecule has 3 nitrogen and oxygen atoms in total. The van der Waals surface area contributed by atoms with E-state index in [2.05, 4.69) is 32.1 Å². The van der Waals surface area contributed by atoms with Gasteiger partial charge in [-0.2, -0.15) is 5.10 Å². The number of aryl methyl sites for hydroxylation is 2. The molecule has 1 saturated carbocycles. The molecule has 0 bridgehead atoms. The second-order valence-electron chi connectivity index (χ2n) is 6.92. The number of rotatable bonds is 4. The van der Waals surface area contributed by atoms with Crippen LogP contribution in [0.4, 0.5) is 0 Å². The number of hydrogen-bond donors (Lipinski definition) is 0. The Kier molecular flexibility index (Phi) is 4.12. The minimum Gasteiger partial charge on any atom is -0.299 e. The Bertz CT molecular complexity index is 447. The molecule has 1 fully saturated rings. The van der Waals surface area contributed by atoms with E-state index in [1.54, 1.807) is 0 Å². The van der Waals surface area contributed by atoms with Gasteiger partial charge in [-0.15, -0.1) is 0 Å². The summed E-state index contributed by atoms with van der Waals surface area (Å²) in [6.07, 6.45) is 9.12. The van der Waals surface area contributed by atoms with Crippen molar-refractivity contribution >= 4 is 5.78 Å². The summed E-state index contributed by atoms with van der Waals surface area (Å²) in [6, 6.07) is 0. The minimum atomic E-state index is 0.104. The van der Waals surface area contributed by atoms with Crippen molar-refractivity contribution in [2.75, 3.05) is 0 Å². The molecule has 0 saturated heterocycles. The van der Waals surface area contributed by atoms with Crippen LogP contribution in [0.5, 0.6) is 0 Å². The maximum Gasteiger partial charge on any atom is 0.136 e. The molecule has 1 aliphatic rings. The Morgan fingerprint density at radius 1 is 1.42 bits per heavy atom. The summed E-state index contributed by atoms with van der Waals surface area (Å²) in [5.74, 6) is 1.31. The van der Waals surface area contributed by atoms with Crippen LogP contribution in [0.15, 0.2) is 12.4 Å². The molecule has 0 amide bonds. The van der Waals surface area contributed by atoms with Crippen LogP contribution in [0.3, 0.4) is 0 Å². The summed E-state index contributed by atoms with van der Waals surface area (Å²) in [7, 11) is 1.95. The second-order valence-corrected chi connectivity index (χ2v) is 6.92. The topological polar surface area (TPSA) is 34.9 Å². The average molecular weight is 262 g/mol. The zero-order valence-electron chi connectivity index (χ0n) is 12.6. The van der Waals surface area contributed by atoms with Gasteiger partial charge in [0.1, 0.15) is 5.78 Å². The Balaban J connectivity index is 1.95. The maximum absolute atomic E-state index is 12.3. The van der Waals surface area contributed by atoms with Gasteiger partial charge in [-0.05, 0) is 42.6 Å². The SMILES string of the molecule is CC1CCC(C(C)(C)CCc2cnn(C)c2)C(=O)C1. The molecule has 106 valence electrons. The highest BCUT2D eigenvalue weighted by Crippen LogP contribution is 2.40. The van der Waals surface area contributed by atoms with E-state index in [0.29, 0.717) is 11.7 Å². The molecule has 1 aliphatic carbocycles. The summed E-state index contributed by atoms with van der Waals surface area (Å²) in [6.45, 7) is 6.70. The van der Waals surface area contributed by atoms with Crippen LogP contribution in [0, 0.1) is 17.3 Å². The van der Waals surface area contributed by atoms with Gasteiger partial charge in [-0.3, -0.25) is 9.48 Å². The molecular weight excluding hydrogens is 236 g/mol. The number of aromatic nitrogens is 2. The first-order valence-electron chi connectivity index (χ1n) is 7.39. The fourth-order valence-corrected chi connectivity index (χ4v) is 3.27. The van der Waals surface area contributed by atoms with E-state index < -0.39 is 0 Å². The molecule has 19 heavy (non-hydrogen) atoms. The second kappa shape index (κ2) is 5.48. The fraction of sp³-hybridized carbons (Fsp3) is 0.750. The molecule has 1 aromatic rings. The monoisotopic (exact) mass is 262 g/mol. The number of hydrogen-bond acceptors (Lipinski definition) is 2. The Morgan fingerprint density at radius 3 is 2.74 bits per heavy atom. The molecule has 1 heterocycles. The van der Waals surface area contributed by atoms with Crippen LogP contribution < -0.4 is 0 Å². The van der Waals surface area contributed by atoms with Crippen molar-refractivity contribution < 1.29 is 4.79 Å². The van der Waals surface area contributed by atoms with Crippen LogP contribution >= 0.6 is 0 Å². The van der Waals surface area contributed by atoms with E-state index in [9.17, 15) is 4.79 Å². The lowest BCUT2D eigenvalue weighted by Gasteiger charge is -2.37. The lowest BCUT2D eigenvalue weighted by Crippen LogP contribution is -2.35. The number of nitrogens with zero attached hydrogens (tertiary/aromatic N) is 2. The van der Waals surface area contributed by atoms with Crippen LogP contribution in [0.1, 0.15) is 52.0 Å². The van der Waals surface area contributed by atoms with Gasteiger partial charge in [0.2, 0.25) is 0 Å². The van der Waals surface area contributed by atoms with Gasteiger partial charge in [0, 0.05) is 25.6 Å². The molecule has 0 radical (unpaired) electrons. The van der Waals surface area contributed by atoms with Gasteiger partial charge in [-0.25, -0.2) is 0 Å². The standard InChI is InChI=1S/C16H26N2O/c1-12-5-6-14(15(19)9-12)16(2,3)8-7-13-10-17-18(4)11-13/h10-12,14H,5-9H2,1-4H3. The van der Waals surface area contributed by atoms with E-state index in [-0.39, 0.29) is 11.3 Å². The molecule has 0 spiro atoms. The van der Waals surface area contributed by atoms with Gasteiger partial charge in [0.05, 0.1) is 6.20 Å². The molecule has 3 heteroatoms. The largest absolute Gasteiger partial charge is 0.299 e. The predicted octanol–water partition coefficient (Wildman–Crippen LogP) is 3.38. The molecular formula is C16H26N2O. The Morgan fingerprint density at radius 2 is 2.16 bits per heavy atom. The first kappa shape index (κ1) is 14.3. The van der Waals surface area contributed by atoms with E-state index in [1.165, 1.54) is 12.0 Å². The first-order chi connectivity index (χ1) is 8.88. The highest BCUT2D eigenvalue weighted by atomic mass is 16.1. The summed E-state index contributed by atoms with van der Waals surface area (Å²) in [5.41, 5.74) is 1.37. The van der Waals surface area contributed by atoms with Crippen LogP contribution in [0.2, 0.25) is 0 Å². The Labute approximate surface area is 116 Å². The zero-order chi connectivity index (χ0) is 14.0. The fourth-order valence-electron chi connectivity index (χ4n) is 3.27. The maximum atomic E-state index is 12.3. The van der Waals surface area contributed by atoms with Gasteiger partial charge < -0.3 is 0 Å². The van der Waals surface area contributed by atoms with Crippen molar-refractivity contribution in [3.63, 3.8) is 0 Å². The predicted molar refractivity (Wildman–Crippen MR) is 76.8 cm³/mol. The minimum absolute atomic E-state index is 0.104. The lowest BCUT2D eigenvalue weighted by atomic mass is 9.66. The van der Waals surface area contributed by atoms with Crippen molar-refractivity contribution in [2.24, 2.45) is 24.3 Å².